The van der Waals surface area contributed by atoms with Crippen LogP contribution in [0.1, 0.15) is 55.9 Å². The molecule has 1 aromatic carbocycles. The average molecular weight is 434 g/mol. The molecule has 2 aliphatic rings. The number of carbonyl (C=O) groups is 1. The maximum Gasteiger partial charge on any atom is 0.343 e. The van der Waals surface area contributed by atoms with Crippen LogP contribution < -0.4 is 10.3 Å². The van der Waals surface area contributed by atoms with E-state index in [4.69, 9.17) is 14.5 Å². The molecule has 0 fully saturated rings. The number of aromatic nitrogens is 2. The summed E-state index contributed by atoms with van der Waals surface area (Å²) in [6.45, 7) is 6.79. The molecule has 7 nitrogen and oxygen atoms in total. The van der Waals surface area contributed by atoms with Gasteiger partial charge in [0.05, 0.1) is 35.6 Å². The maximum absolute atomic E-state index is 13.4. The van der Waals surface area contributed by atoms with Crippen LogP contribution in [0.2, 0.25) is 0 Å². The van der Waals surface area contributed by atoms with Gasteiger partial charge in [-0.15, -0.1) is 0 Å². The van der Waals surface area contributed by atoms with Crippen molar-refractivity contribution in [3.63, 3.8) is 0 Å². The number of carbonyl (C=O) groups excluding carboxylic acids is 1. The molecule has 1 atom stereocenters. The zero-order valence-corrected chi connectivity index (χ0v) is 18.5. The third-order valence-electron chi connectivity index (χ3n) is 6.60. The van der Waals surface area contributed by atoms with Crippen molar-refractivity contribution in [3.05, 3.63) is 56.9 Å². The number of benzene rings is 1. The van der Waals surface area contributed by atoms with Crippen LogP contribution in [0, 0.1) is 0 Å². The topological polar surface area (TPSA) is 90.7 Å². The molecule has 0 spiro atoms. The van der Waals surface area contributed by atoms with E-state index in [-0.39, 0.29) is 18.6 Å². The van der Waals surface area contributed by atoms with Crippen molar-refractivity contribution in [3.8, 4) is 17.1 Å². The minimum absolute atomic E-state index is 0.125. The van der Waals surface area contributed by atoms with Crippen LogP contribution in [0.15, 0.2) is 29.1 Å². The van der Waals surface area contributed by atoms with Gasteiger partial charge in [0.2, 0.25) is 0 Å². The van der Waals surface area contributed by atoms with Gasteiger partial charge in [0.25, 0.3) is 5.56 Å². The van der Waals surface area contributed by atoms with Crippen molar-refractivity contribution in [2.45, 2.75) is 58.8 Å². The highest BCUT2D eigenvalue weighted by Crippen LogP contribution is 2.40. The number of fused-ring (bicyclic) bond motifs is 5. The summed E-state index contributed by atoms with van der Waals surface area (Å²) in [4.78, 5) is 30.6. The second-order valence-corrected chi connectivity index (χ2v) is 8.40. The molecule has 4 heterocycles. The molecule has 0 amide bonds. The van der Waals surface area contributed by atoms with Gasteiger partial charge in [-0.3, -0.25) is 4.79 Å². The highest BCUT2D eigenvalue weighted by atomic mass is 16.6. The Morgan fingerprint density at radius 3 is 2.72 bits per heavy atom. The quantitative estimate of drug-likeness (QED) is 0.484. The number of rotatable bonds is 5. The average Bonchev–Trinajstić information content (AvgIpc) is 3.17. The number of aryl methyl sites for hydroxylation is 1. The first-order chi connectivity index (χ1) is 15.4. The highest BCUT2D eigenvalue weighted by Gasteiger charge is 2.45. The first kappa shape index (κ1) is 20.7. The maximum atomic E-state index is 13.4. The molecule has 5 rings (SSSR count). The molecular weight excluding hydrogens is 408 g/mol. The Morgan fingerprint density at radius 1 is 1.19 bits per heavy atom. The number of cyclic esters (lactones) is 1. The number of esters is 1. The van der Waals surface area contributed by atoms with E-state index in [9.17, 15) is 14.7 Å². The normalized spacial score (nSPS) is 18.8. The number of aliphatic hydroxyl groups is 1. The Labute approximate surface area is 185 Å². The van der Waals surface area contributed by atoms with Crippen molar-refractivity contribution in [1.82, 2.24) is 9.55 Å². The molecule has 0 saturated carbocycles. The number of nitrogens with zero attached hydrogens (tertiary/aromatic N) is 2. The van der Waals surface area contributed by atoms with Crippen molar-refractivity contribution >= 4 is 16.9 Å². The monoisotopic (exact) mass is 434 g/mol. The second-order valence-electron chi connectivity index (χ2n) is 8.40. The first-order valence-corrected chi connectivity index (χ1v) is 11.2. The van der Waals surface area contributed by atoms with E-state index in [0.717, 1.165) is 46.3 Å². The Hall–Kier alpha value is -3.19. The summed E-state index contributed by atoms with van der Waals surface area (Å²) in [6.07, 6.45) is 1.84. The van der Waals surface area contributed by atoms with Gasteiger partial charge >= 0.3 is 5.97 Å². The molecule has 0 radical (unpaired) electrons. The first-order valence-electron chi connectivity index (χ1n) is 11.2. The lowest BCUT2D eigenvalue weighted by Gasteiger charge is -2.31. The summed E-state index contributed by atoms with van der Waals surface area (Å²) >= 11 is 0. The van der Waals surface area contributed by atoms with E-state index in [0.29, 0.717) is 30.0 Å². The fourth-order valence-electron chi connectivity index (χ4n) is 4.85. The number of hydrogen-bond donors (Lipinski definition) is 1. The molecule has 0 saturated heterocycles. The molecule has 166 valence electrons. The van der Waals surface area contributed by atoms with E-state index in [1.165, 1.54) is 0 Å². The number of hydrogen-bond acceptors (Lipinski definition) is 6. The lowest BCUT2D eigenvalue weighted by molar-refractivity contribution is -0.172. The lowest BCUT2D eigenvalue weighted by Crippen LogP contribution is -2.44. The summed E-state index contributed by atoms with van der Waals surface area (Å²) in [5, 5.41) is 12.0. The van der Waals surface area contributed by atoms with Gasteiger partial charge in [-0.2, -0.15) is 0 Å². The lowest BCUT2D eigenvalue weighted by atomic mass is 9.86. The van der Waals surface area contributed by atoms with Crippen LogP contribution in [0.5, 0.6) is 5.75 Å². The zero-order chi connectivity index (χ0) is 22.6. The molecule has 0 unspecified atom stereocenters. The summed E-state index contributed by atoms with van der Waals surface area (Å²) in [5.74, 6) is 0.0954. The molecule has 7 heteroatoms. The van der Waals surface area contributed by atoms with Gasteiger partial charge in [-0.05, 0) is 49.1 Å². The number of pyridine rings is 2. The van der Waals surface area contributed by atoms with Crippen molar-refractivity contribution in [1.29, 1.82) is 0 Å². The van der Waals surface area contributed by atoms with Gasteiger partial charge < -0.3 is 19.1 Å². The zero-order valence-electron chi connectivity index (χ0n) is 18.5. The fourth-order valence-corrected chi connectivity index (χ4v) is 4.85. The van der Waals surface area contributed by atoms with E-state index >= 15 is 0 Å². The molecule has 3 aromatic rings. The third kappa shape index (κ3) is 2.80. The molecule has 0 bridgehead atoms. The molecule has 2 aromatic heterocycles. The summed E-state index contributed by atoms with van der Waals surface area (Å²) in [7, 11) is 0. The van der Waals surface area contributed by atoms with Crippen LogP contribution in [-0.4, -0.2) is 27.2 Å². The van der Waals surface area contributed by atoms with Gasteiger partial charge in [0.15, 0.2) is 5.60 Å². The SMILES string of the molecule is CCCOc1ccc2nc3c(c(CC)c2c1)Cn1c-3cc2c(c1=O)COC(=O)[C@]2(O)CC. The fraction of sp³-hybridized carbons (Fsp3) is 0.400. The van der Waals surface area contributed by atoms with Gasteiger partial charge in [0.1, 0.15) is 12.4 Å². The smallest absolute Gasteiger partial charge is 0.343 e. The van der Waals surface area contributed by atoms with Crippen LogP contribution in [0.3, 0.4) is 0 Å². The summed E-state index contributed by atoms with van der Waals surface area (Å²) in [5.41, 5.74) is 2.93. The summed E-state index contributed by atoms with van der Waals surface area (Å²) < 4.78 is 12.6. The minimum Gasteiger partial charge on any atom is -0.494 e. The van der Waals surface area contributed by atoms with E-state index in [2.05, 4.69) is 13.8 Å². The third-order valence-corrected chi connectivity index (χ3v) is 6.60. The number of ether oxygens (including phenoxy) is 2. The summed E-state index contributed by atoms with van der Waals surface area (Å²) in [6, 6.07) is 7.63. The molecule has 2 aliphatic heterocycles. The van der Waals surface area contributed by atoms with Crippen molar-refractivity contribution < 1.29 is 19.4 Å². The molecular formula is C25H26N2O5. The van der Waals surface area contributed by atoms with Crippen LogP contribution in [-0.2, 0) is 34.7 Å². The molecule has 32 heavy (non-hydrogen) atoms. The van der Waals surface area contributed by atoms with Crippen LogP contribution in [0.4, 0.5) is 0 Å². The van der Waals surface area contributed by atoms with Gasteiger partial charge in [0, 0.05) is 16.5 Å². The standard InChI is InChI=1S/C25H26N2O5/c1-4-9-31-14-7-8-20-16(10-14)15(5-2)17-12-27-21(22(17)26-20)11-19-18(23(27)28)13-32-24(29)25(19,30)6-3/h7-8,10-11,30H,4-6,9,12-13H2,1-3H3/t25-/m0/s1. The van der Waals surface area contributed by atoms with E-state index in [1.807, 2.05) is 18.2 Å². The minimum atomic E-state index is -1.82. The Balaban J connectivity index is 1.74. The second kappa shape index (κ2) is 7.45. The Kier molecular flexibility index (Phi) is 4.82. The predicted octanol–water partition coefficient (Wildman–Crippen LogP) is 3.43. The Morgan fingerprint density at radius 2 is 2.00 bits per heavy atom. The van der Waals surface area contributed by atoms with E-state index in [1.54, 1.807) is 17.6 Å². The molecule has 0 aliphatic carbocycles. The van der Waals surface area contributed by atoms with Crippen LogP contribution >= 0.6 is 0 Å². The van der Waals surface area contributed by atoms with Gasteiger partial charge in [-0.1, -0.05) is 20.8 Å². The van der Waals surface area contributed by atoms with Crippen molar-refractivity contribution in [2.24, 2.45) is 0 Å². The largest absolute Gasteiger partial charge is 0.494 e. The van der Waals surface area contributed by atoms with Crippen molar-refractivity contribution in [2.75, 3.05) is 6.61 Å². The highest BCUT2D eigenvalue weighted by molar-refractivity contribution is 5.90. The van der Waals surface area contributed by atoms with E-state index < -0.39 is 11.6 Å². The Bertz CT molecular complexity index is 1330. The van der Waals surface area contributed by atoms with Crippen LogP contribution in [0.25, 0.3) is 22.3 Å². The molecule has 1 N–H and O–H groups in total. The van der Waals surface area contributed by atoms with Gasteiger partial charge in [-0.25, -0.2) is 9.78 Å². The predicted molar refractivity (Wildman–Crippen MR) is 120 cm³/mol.